The van der Waals surface area contributed by atoms with Gasteiger partial charge in [-0.1, -0.05) is 65.1 Å². The van der Waals surface area contributed by atoms with Crippen LogP contribution in [0.15, 0.2) is 66.7 Å². The number of benzene rings is 3. The van der Waals surface area contributed by atoms with Crippen molar-refractivity contribution < 1.29 is 14.4 Å². The zero-order valence-corrected chi connectivity index (χ0v) is 24.0. The number of hydrogen-bond donors (Lipinski definition) is 3. The first-order valence-corrected chi connectivity index (χ1v) is 13.5. The van der Waals surface area contributed by atoms with Gasteiger partial charge in [-0.2, -0.15) is 0 Å². The summed E-state index contributed by atoms with van der Waals surface area (Å²) in [5.41, 5.74) is 2.23. The van der Waals surface area contributed by atoms with Gasteiger partial charge in [0.2, 0.25) is 11.8 Å². The zero-order valence-electron chi connectivity index (χ0n) is 21.7. The summed E-state index contributed by atoms with van der Waals surface area (Å²) in [6.07, 6.45) is 0.230. The molecule has 0 saturated carbocycles. The molecule has 39 heavy (non-hydrogen) atoms. The Balaban J connectivity index is 1.72. The van der Waals surface area contributed by atoms with E-state index in [0.29, 0.717) is 26.4 Å². The molecule has 0 aromatic heterocycles. The maximum atomic E-state index is 14.0. The highest BCUT2D eigenvalue weighted by Crippen LogP contribution is 2.40. The molecule has 0 aliphatic carbocycles. The molecule has 2 unspecified atom stereocenters. The molecule has 1 aliphatic heterocycles. The van der Waals surface area contributed by atoms with Crippen molar-refractivity contribution in [2.24, 2.45) is 0 Å². The van der Waals surface area contributed by atoms with Crippen LogP contribution in [0.25, 0.3) is 0 Å². The maximum absolute atomic E-state index is 14.0. The predicted octanol–water partition coefficient (Wildman–Crippen LogP) is 6.62. The normalized spacial score (nSPS) is 17.2. The second kappa shape index (κ2) is 11.9. The molecule has 7 nitrogen and oxygen atoms in total. The lowest BCUT2D eigenvalue weighted by atomic mass is 9.86. The van der Waals surface area contributed by atoms with Gasteiger partial charge in [0.25, 0.3) is 0 Å². The van der Waals surface area contributed by atoms with Gasteiger partial charge in [0, 0.05) is 27.9 Å². The molecule has 0 spiro atoms. The lowest BCUT2D eigenvalue weighted by molar-refractivity contribution is -0.125. The number of rotatable bonds is 5. The lowest BCUT2D eigenvalue weighted by Gasteiger charge is -2.28. The van der Waals surface area contributed by atoms with E-state index in [1.165, 1.54) is 4.90 Å². The van der Waals surface area contributed by atoms with Crippen molar-refractivity contribution in [3.8, 4) is 0 Å². The van der Waals surface area contributed by atoms with E-state index < -0.39 is 23.5 Å². The molecule has 1 heterocycles. The Kier molecular flexibility index (Phi) is 8.74. The van der Waals surface area contributed by atoms with Crippen LogP contribution in [-0.2, 0) is 9.59 Å². The second-order valence-corrected chi connectivity index (χ2v) is 11.7. The van der Waals surface area contributed by atoms with Gasteiger partial charge in [-0.3, -0.25) is 9.59 Å². The Morgan fingerprint density at radius 1 is 0.949 bits per heavy atom. The van der Waals surface area contributed by atoms with Crippen LogP contribution in [0.1, 0.15) is 44.2 Å². The standard InChI is InChI=1S/C29H29Cl3N4O3/c1-29(2,3)35-26(37)16-36-25-10-5-4-9-20(25)21(17-11-12-22(31)23(32)13-17)15-24(27(36)38)34-28(39)33-19-8-6-7-18(30)14-19/h4-14,21,24H,15-16H2,1-3H3,(H,35,37)(H2,33,34,39). The first kappa shape index (κ1) is 28.7. The minimum Gasteiger partial charge on any atom is -0.350 e. The minimum atomic E-state index is -0.960. The smallest absolute Gasteiger partial charge is 0.319 e. The number of para-hydroxylation sites is 1. The average Bonchev–Trinajstić information content (AvgIpc) is 2.95. The molecule has 4 rings (SSSR count). The topological polar surface area (TPSA) is 90.5 Å². The average molecular weight is 588 g/mol. The van der Waals surface area contributed by atoms with E-state index in [1.807, 2.05) is 45.0 Å². The number of carbonyl (C=O) groups is 3. The monoisotopic (exact) mass is 586 g/mol. The molecule has 0 bridgehead atoms. The van der Waals surface area contributed by atoms with Gasteiger partial charge < -0.3 is 20.9 Å². The van der Waals surface area contributed by atoms with Crippen LogP contribution in [0.5, 0.6) is 0 Å². The summed E-state index contributed by atoms with van der Waals surface area (Å²) in [7, 11) is 0. The molecule has 2 atom stereocenters. The molecule has 204 valence electrons. The highest BCUT2D eigenvalue weighted by molar-refractivity contribution is 6.42. The largest absolute Gasteiger partial charge is 0.350 e. The molecule has 0 fully saturated rings. The van der Waals surface area contributed by atoms with Gasteiger partial charge in [0.1, 0.15) is 12.6 Å². The van der Waals surface area contributed by atoms with Crippen LogP contribution in [-0.4, -0.2) is 36.0 Å². The first-order valence-electron chi connectivity index (χ1n) is 12.4. The molecule has 0 radical (unpaired) electrons. The molecule has 3 N–H and O–H groups in total. The quantitative estimate of drug-likeness (QED) is 0.313. The van der Waals surface area contributed by atoms with E-state index in [2.05, 4.69) is 16.0 Å². The maximum Gasteiger partial charge on any atom is 0.319 e. The number of carbonyl (C=O) groups excluding carboxylic acids is 3. The number of halogens is 3. The molecule has 10 heteroatoms. The van der Waals surface area contributed by atoms with Gasteiger partial charge in [0.05, 0.1) is 10.0 Å². The van der Waals surface area contributed by atoms with E-state index in [-0.39, 0.29) is 24.8 Å². The third kappa shape index (κ3) is 7.24. The van der Waals surface area contributed by atoms with Gasteiger partial charge in [-0.05, 0) is 74.7 Å². The molecule has 4 amide bonds. The van der Waals surface area contributed by atoms with Crippen LogP contribution in [0.2, 0.25) is 15.1 Å². The fraction of sp³-hybridized carbons (Fsp3) is 0.276. The first-order chi connectivity index (χ1) is 18.4. The van der Waals surface area contributed by atoms with E-state index in [1.54, 1.807) is 42.5 Å². The van der Waals surface area contributed by atoms with Crippen molar-refractivity contribution in [1.29, 1.82) is 0 Å². The van der Waals surface area contributed by atoms with Crippen molar-refractivity contribution in [2.75, 3.05) is 16.8 Å². The fourth-order valence-corrected chi connectivity index (χ4v) is 5.12. The molecule has 3 aromatic rings. The van der Waals surface area contributed by atoms with Gasteiger partial charge in [-0.15, -0.1) is 0 Å². The Bertz CT molecular complexity index is 1410. The predicted molar refractivity (Wildman–Crippen MR) is 157 cm³/mol. The summed E-state index contributed by atoms with van der Waals surface area (Å²) in [5, 5.41) is 9.71. The van der Waals surface area contributed by atoms with Gasteiger partial charge in [-0.25, -0.2) is 4.79 Å². The number of amides is 4. The number of fused-ring (bicyclic) bond motifs is 1. The van der Waals surface area contributed by atoms with Crippen LogP contribution >= 0.6 is 34.8 Å². The summed E-state index contributed by atoms with van der Waals surface area (Å²) in [4.78, 5) is 41.4. The van der Waals surface area contributed by atoms with E-state index >= 15 is 0 Å². The molecule has 3 aromatic carbocycles. The molecular formula is C29H29Cl3N4O3. The van der Waals surface area contributed by atoms with Crippen LogP contribution in [0.3, 0.4) is 0 Å². The van der Waals surface area contributed by atoms with Crippen LogP contribution < -0.4 is 20.9 Å². The van der Waals surface area contributed by atoms with Crippen molar-refractivity contribution in [1.82, 2.24) is 10.6 Å². The Labute approximate surface area is 242 Å². The summed E-state index contributed by atoms with van der Waals surface area (Å²) in [6.45, 7) is 5.39. The second-order valence-electron chi connectivity index (χ2n) is 10.4. The fourth-order valence-electron chi connectivity index (χ4n) is 4.62. The molecule has 1 aliphatic rings. The highest BCUT2D eigenvalue weighted by Gasteiger charge is 2.37. The number of urea groups is 1. The van der Waals surface area contributed by atoms with E-state index in [0.717, 1.165) is 11.1 Å². The van der Waals surface area contributed by atoms with Gasteiger partial charge in [0.15, 0.2) is 0 Å². The Morgan fingerprint density at radius 2 is 1.69 bits per heavy atom. The number of nitrogens with one attached hydrogen (secondary N) is 3. The summed E-state index contributed by atoms with van der Waals surface area (Å²) in [6, 6.07) is 17.9. The summed E-state index contributed by atoms with van der Waals surface area (Å²) < 4.78 is 0. The molecular weight excluding hydrogens is 559 g/mol. The zero-order chi connectivity index (χ0) is 28.3. The molecule has 0 saturated heterocycles. The summed E-state index contributed by atoms with van der Waals surface area (Å²) in [5.74, 6) is -1.05. The highest BCUT2D eigenvalue weighted by atomic mass is 35.5. The SMILES string of the molecule is CC(C)(C)NC(=O)CN1C(=O)C(NC(=O)Nc2cccc(Cl)c2)CC(c2ccc(Cl)c(Cl)c2)c2ccccc21. The van der Waals surface area contributed by atoms with E-state index in [9.17, 15) is 14.4 Å². The summed E-state index contributed by atoms with van der Waals surface area (Å²) >= 11 is 18.6. The van der Waals surface area contributed by atoms with Crippen molar-refractivity contribution in [3.63, 3.8) is 0 Å². The third-order valence-corrected chi connectivity index (χ3v) is 7.16. The van der Waals surface area contributed by atoms with Crippen molar-refractivity contribution in [2.45, 2.75) is 44.7 Å². The lowest BCUT2D eigenvalue weighted by Crippen LogP contribution is -2.53. The van der Waals surface area contributed by atoms with Crippen molar-refractivity contribution >= 4 is 64.0 Å². The number of nitrogens with zero attached hydrogens (tertiary/aromatic N) is 1. The number of anilines is 2. The van der Waals surface area contributed by atoms with Crippen LogP contribution in [0.4, 0.5) is 16.2 Å². The Hall–Kier alpha value is -3.26. The third-order valence-electron chi connectivity index (χ3n) is 6.19. The minimum absolute atomic E-state index is 0.213. The van der Waals surface area contributed by atoms with Crippen LogP contribution in [0, 0.1) is 0 Å². The Morgan fingerprint density at radius 3 is 2.38 bits per heavy atom. The van der Waals surface area contributed by atoms with E-state index in [4.69, 9.17) is 34.8 Å². The van der Waals surface area contributed by atoms with Crippen molar-refractivity contribution in [3.05, 3.63) is 92.9 Å². The van der Waals surface area contributed by atoms with Gasteiger partial charge >= 0.3 is 6.03 Å². The number of hydrogen-bond acceptors (Lipinski definition) is 3.